The molecule has 2 aromatic carbocycles. The molecule has 0 saturated carbocycles. The van der Waals surface area contributed by atoms with Crippen molar-refractivity contribution in [1.29, 1.82) is 0 Å². The molecule has 0 amide bonds. The number of hydrogen-bond acceptors (Lipinski definition) is 9. The van der Waals surface area contributed by atoms with Crippen LogP contribution in [0.4, 0.5) is 26.2 Å². The van der Waals surface area contributed by atoms with Crippen molar-refractivity contribution in [2.75, 3.05) is 36.5 Å². The first-order valence-corrected chi connectivity index (χ1v) is 16.3. The van der Waals surface area contributed by atoms with E-state index in [1.807, 2.05) is 56.3 Å². The van der Waals surface area contributed by atoms with Crippen LogP contribution in [0.25, 0.3) is 44.6 Å². The van der Waals surface area contributed by atoms with E-state index in [4.69, 9.17) is 26.3 Å². The van der Waals surface area contributed by atoms with E-state index in [1.54, 1.807) is 30.7 Å². The molecule has 9 nitrogen and oxygen atoms in total. The summed E-state index contributed by atoms with van der Waals surface area (Å²) in [5, 5.41) is 5.48. The Balaban J connectivity index is 0.000000176. The van der Waals surface area contributed by atoms with Crippen molar-refractivity contribution < 1.29 is 13.5 Å². The number of hydrogen-bond donors (Lipinski definition) is 1. The lowest BCUT2D eigenvalue weighted by Gasteiger charge is -2.27. The molecule has 250 valence electrons. The zero-order valence-electron chi connectivity index (χ0n) is 27.2. The summed E-state index contributed by atoms with van der Waals surface area (Å²) >= 11 is 6.34. The van der Waals surface area contributed by atoms with E-state index in [0.29, 0.717) is 46.6 Å². The van der Waals surface area contributed by atoms with Crippen molar-refractivity contribution in [2.45, 2.75) is 13.8 Å². The first-order valence-electron chi connectivity index (χ1n) is 16.0. The van der Waals surface area contributed by atoms with Gasteiger partial charge in [0, 0.05) is 60.1 Å². The van der Waals surface area contributed by atoms with Gasteiger partial charge in [0.2, 0.25) is 5.95 Å². The standard InChI is InChI=1S/C23H21FN6O.C15H10ClFN2/c1-15-21(29-23-26-9-7-20(28-23)30-10-12-31-13-11-30)17-6-5-16(24)14-19(17)27-22(15)18-4-2-3-8-25-18;1-9-14(16)11-6-5-10(17)8-13(11)19-15(9)12-4-2-3-7-18-12/h2-9,14H,10-13H2,1H3,(H,26,27,28,29);2-8H,1H3. The second-order valence-electron chi connectivity index (χ2n) is 11.6. The Morgan fingerprint density at radius 2 is 1.28 bits per heavy atom. The molecule has 1 saturated heterocycles. The van der Waals surface area contributed by atoms with Crippen molar-refractivity contribution in [3.63, 3.8) is 0 Å². The predicted octanol–water partition coefficient (Wildman–Crippen LogP) is 8.51. The Morgan fingerprint density at radius 3 is 1.90 bits per heavy atom. The van der Waals surface area contributed by atoms with Crippen LogP contribution in [-0.2, 0) is 4.74 Å². The predicted molar refractivity (Wildman–Crippen MR) is 193 cm³/mol. The Kier molecular flexibility index (Phi) is 9.50. The smallest absolute Gasteiger partial charge is 0.229 e. The highest BCUT2D eigenvalue weighted by Crippen LogP contribution is 2.35. The number of pyridine rings is 4. The highest BCUT2D eigenvalue weighted by Gasteiger charge is 2.18. The van der Waals surface area contributed by atoms with Gasteiger partial charge in [0.1, 0.15) is 17.5 Å². The van der Waals surface area contributed by atoms with E-state index in [1.165, 1.54) is 24.3 Å². The van der Waals surface area contributed by atoms with E-state index in [9.17, 15) is 8.78 Å². The van der Waals surface area contributed by atoms with Crippen LogP contribution in [0.15, 0.2) is 97.5 Å². The molecule has 0 radical (unpaired) electrons. The lowest BCUT2D eigenvalue weighted by atomic mass is 10.0. The van der Waals surface area contributed by atoms with Crippen LogP contribution in [0.3, 0.4) is 0 Å². The second kappa shape index (κ2) is 14.5. The third kappa shape index (κ3) is 6.91. The molecule has 0 unspecified atom stereocenters. The quantitative estimate of drug-likeness (QED) is 0.191. The van der Waals surface area contributed by atoms with Crippen molar-refractivity contribution in [2.24, 2.45) is 0 Å². The molecular weight excluding hydrogens is 658 g/mol. The van der Waals surface area contributed by atoms with Crippen LogP contribution in [0.5, 0.6) is 0 Å². The maximum absolute atomic E-state index is 14.0. The monoisotopic (exact) mass is 688 g/mol. The highest BCUT2D eigenvalue weighted by atomic mass is 35.5. The number of benzene rings is 2. The Bertz CT molecular complexity index is 2310. The fourth-order valence-corrected chi connectivity index (χ4v) is 6.03. The molecule has 1 fully saturated rings. The fraction of sp³-hybridized carbons (Fsp3) is 0.158. The van der Waals surface area contributed by atoms with E-state index in [-0.39, 0.29) is 11.6 Å². The maximum atomic E-state index is 14.0. The van der Waals surface area contributed by atoms with Crippen molar-refractivity contribution in [1.82, 2.24) is 29.9 Å². The molecule has 0 bridgehead atoms. The normalized spacial score (nSPS) is 12.9. The molecule has 0 atom stereocenters. The number of fused-ring (bicyclic) bond motifs is 2. The third-order valence-electron chi connectivity index (χ3n) is 8.33. The molecule has 1 aliphatic rings. The molecule has 50 heavy (non-hydrogen) atoms. The molecule has 0 aliphatic carbocycles. The van der Waals surface area contributed by atoms with Crippen LogP contribution in [-0.4, -0.2) is 56.2 Å². The van der Waals surface area contributed by atoms with Gasteiger partial charge >= 0.3 is 0 Å². The summed E-state index contributed by atoms with van der Waals surface area (Å²) in [7, 11) is 0. The van der Waals surface area contributed by atoms with Crippen LogP contribution < -0.4 is 10.2 Å². The summed E-state index contributed by atoms with van der Waals surface area (Å²) < 4.78 is 32.7. The van der Waals surface area contributed by atoms with Crippen LogP contribution in [0, 0.1) is 25.5 Å². The number of rotatable bonds is 5. The number of halogens is 3. The van der Waals surface area contributed by atoms with Gasteiger partial charge in [-0.15, -0.1) is 0 Å². The highest BCUT2D eigenvalue weighted by molar-refractivity contribution is 6.36. The van der Waals surface area contributed by atoms with Crippen molar-refractivity contribution >= 4 is 50.9 Å². The van der Waals surface area contributed by atoms with Gasteiger partial charge in [0.25, 0.3) is 0 Å². The number of ether oxygens (including phenoxy) is 1. The second-order valence-corrected chi connectivity index (χ2v) is 12.0. The number of nitrogens with zero attached hydrogens (tertiary/aromatic N) is 7. The number of aromatic nitrogens is 6. The number of nitrogens with one attached hydrogen (secondary N) is 1. The fourth-order valence-electron chi connectivity index (χ4n) is 5.78. The van der Waals surface area contributed by atoms with Gasteiger partial charge in [-0.2, -0.15) is 4.98 Å². The maximum Gasteiger partial charge on any atom is 0.229 e. The van der Waals surface area contributed by atoms with Gasteiger partial charge in [0.05, 0.1) is 57.7 Å². The molecular formula is C38H31ClF2N8O. The van der Waals surface area contributed by atoms with Crippen LogP contribution >= 0.6 is 11.6 Å². The molecule has 8 rings (SSSR count). The molecule has 1 N–H and O–H groups in total. The SMILES string of the molecule is Cc1c(-c2ccccn2)nc2cc(F)ccc2c1Cl.Cc1c(-c2ccccn2)nc2cc(F)ccc2c1Nc1nccc(N2CCOCC2)n1. The zero-order chi connectivity index (χ0) is 34.6. The topological polar surface area (TPSA) is 102 Å². The van der Waals surface area contributed by atoms with Gasteiger partial charge in [-0.3, -0.25) is 9.97 Å². The first-order chi connectivity index (χ1) is 24.4. The van der Waals surface area contributed by atoms with Gasteiger partial charge in [-0.1, -0.05) is 23.7 Å². The molecule has 1 aliphatic heterocycles. The van der Waals surface area contributed by atoms with Gasteiger partial charge < -0.3 is 15.0 Å². The van der Waals surface area contributed by atoms with E-state index < -0.39 is 0 Å². The van der Waals surface area contributed by atoms with Gasteiger partial charge in [-0.05, 0) is 74.0 Å². The minimum atomic E-state index is -0.340. The average molecular weight is 689 g/mol. The Labute approximate surface area is 292 Å². The average Bonchev–Trinajstić information content (AvgIpc) is 3.15. The third-order valence-corrected chi connectivity index (χ3v) is 8.82. The summed E-state index contributed by atoms with van der Waals surface area (Å²) in [6, 6.07) is 22.1. The van der Waals surface area contributed by atoms with Crippen molar-refractivity contribution in [3.05, 3.63) is 125 Å². The lowest BCUT2D eigenvalue weighted by Crippen LogP contribution is -2.36. The number of morpholine rings is 1. The lowest BCUT2D eigenvalue weighted by molar-refractivity contribution is 0.122. The Morgan fingerprint density at radius 1 is 0.680 bits per heavy atom. The van der Waals surface area contributed by atoms with Crippen LogP contribution in [0.2, 0.25) is 5.02 Å². The van der Waals surface area contributed by atoms with Crippen molar-refractivity contribution in [3.8, 4) is 22.8 Å². The molecule has 0 spiro atoms. The van der Waals surface area contributed by atoms with E-state index in [2.05, 4.69) is 30.2 Å². The number of anilines is 3. The minimum absolute atomic E-state index is 0.327. The summed E-state index contributed by atoms with van der Waals surface area (Å²) in [4.78, 5) is 29.1. The molecule has 5 aromatic heterocycles. The summed E-state index contributed by atoms with van der Waals surface area (Å²) in [5.41, 5.74) is 6.41. The van der Waals surface area contributed by atoms with E-state index >= 15 is 0 Å². The summed E-state index contributed by atoms with van der Waals surface area (Å²) in [6.07, 6.45) is 5.15. The molecule has 7 aromatic rings. The minimum Gasteiger partial charge on any atom is -0.378 e. The largest absolute Gasteiger partial charge is 0.378 e. The van der Waals surface area contributed by atoms with Crippen LogP contribution in [0.1, 0.15) is 11.1 Å². The Hall–Kier alpha value is -5.65. The summed E-state index contributed by atoms with van der Waals surface area (Å²) in [5.74, 6) is 0.642. The van der Waals surface area contributed by atoms with Gasteiger partial charge in [0.15, 0.2) is 0 Å². The van der Waals surface area contributed by atoms with E-state index in [0.717, 1.165) is 57.9 Å². The summed E-state index contributed by atoms with van der Waals surface area (Å²) in [6.45, 7) is 6.80. The molecule has 12 heteroatoms. The zero-order valence-corrected chi connectivity index (χ0v) is 28.0. The van der Waals surface area contributed by atoms with Gasteiger partial charge in [-0.25, -0.2) is 23.7 Å². The first kappa shape index (κ1) is 32.9. The molecule has 6 heterocycles.